The van der Waals surface area contributed by atoms with Crippen LogP contribution in [0.25, 0.3) is 10.8 Å². The quantitative estimate of drug-likeness (QED) is 0.219. The minimum atomic E-state index is -0.655. The third-order valence-corrected chi connectivity index (χ3v) is 7.96. The van der Waals surface area contributed by atoms with Gasteiger partial charge in [-0.3, -0.25) is 9.69 Å². The topological polar surface area (TPSA) is 96.7 Å². The average molecular weight is 533 g/mol. The summed E-state index contributed by atoms with van der Waals surface area (Å²) >= 11 is 6.07. The number of esters is 1. The van der Waals surface area contributed by atoms with E-state index in [1.165, 1.54) is 17.9 Å². The number of carbonyl (C=O) groups excluding carboxylic acids is 2. The van der Waals surface area contributed by atoms with Crippen molar-refractivity contribution in [2.45, 2.75) is 56.4 Å². The normalized spacial score (nSPS) is 18.2. The van der Waals surface area contributed by atoms with Crippen molar-refractivity contribution in [3.63, 3.8) is 0 Å². The number of thiol groups is 1. The average Bonchev–Trinajstić information content (AvgIpc) is 3.43. The Bertz CT molecular complexity index is 981. The van der Waals surface area contributed by atoms with E-state index < -0.39 is 12.0 Å². The van der Waals surface area contributed by atoms with Gasteiger partial charge in [-0.2, -0.15) is 24.4 Å². The van der Waals surface area contributed by atoms with Crippen LogP contribution < -0.4 is 16.4 Å². The van der Waals surface area contributed by atoms with Crippen LogP contribution in [0, 0.1) is 0 Å². The van der Waals surface area contributed by atoms with E-state index in [1.807, 2.05) is 18.4 Å². The second-order valence-corrected chi connectivity index (χ2v) is 10.8. The summed E-state index contributed by atoms with van der Waals surface area (Å²) in [6.07, 6.45) is 5.37. The molecule has 2 aromatic rings. The third kappa shape index (κ3) is 8.11. The Kier molecular flexibility index (Phi) is 11.9. The summed E-state index contributed by atoms with van der Waals surface area (Å²) in [5.74, 6) is 0.736. The molecule has 0 radical (unpaired) electrons. The van der Waals surface area contributed by atoms with Gasteiger partial charge < -0.3 is 21.1 Å². The Balaban J connectivity index is 1.89. The van der Waals surface area contributed by atoms with E-state index in [9.17, 15) is 9.59 Å². The molecule has 1 heterocycles. The van der Waals surface area contributed by atoms with Crippen LogP contribution in [0.4, 0.5) is 0 Å². The largest absolute Gasteiger partial charge is 0.467 e. The molecule has 0 aliphatic carbocycles. The van der Waals surface area contributed by atoms with Gasteiger partial charge in [0.05, 0.1) is 13.7 Å². The van der Waals surface area contributed by atoms with Crippen LogP contribution in [0.2, 0.25) is 0 Å². The monoisotopic (exact) mass is 532 g/mol. The number of fused-ring (bicyclic) bond motifs is 1. The molecule has 2 aromatic carbocycles. The fraction of sp³-hybridized carbons (Fsp3) is 0.556. The van der Waals surface area contributed by atoms with Gasteiger partial charge >= 0.3 is 5.97 Å². The molecule has 198 valence electrons. The van der Waals surface area contributed by atoms with Crippen LogP contribution in [0.15, 0.2) is 42.5 Å². The van der Waals surface area contributed by atoms with E-state index in [1.54, 1.807) is 11.8 Å². The SMILES string of the molecule is COC(=O)[C@H](CCSC)NC(=O)CN(Cc1cccc2ccccc12)C(C[C@@H](N)CS)[C@@H]1CCCN1. The van der Waals surface area contributed by atoms with Crippen LogP contribution in [0.3, 0.4) is 0 Å². The van der Waals surface area contributed by atoms with Crippen molar-refractivity contribution in [2.24, 2.45) is 5.73 Å². The summed E-state index contributed by atoms with van der Waals surface area (Å²) < 4.78 is 4.94. The van der Waals surface area contributed by atoms with Crippen molar-refractivity contribution >= 4 is 47.0 Å². The molecule has 1 saturated heterocycles. The van der Waals surface area contributed by atoms with Gasteiger partial charge in [0.15, 0.2) is 0 Å². The van der Waals surface area contributed by atoms with Gasteiger partial charge in [0.2, 0.25) is 5.91 Å². The van der Waals surface area contributed by atoms with Crippen LogP contribution in [-0.2, 0) is 20.9 Å². The fourth-order valence-electron chi connectivity index (χ4n) is 4.98. The number of amides is 1. The maximum atomic E-state index is 13.3. The maximum absolute atomic E-state index is 13.3. The first-order valence-electron chi connectivity index (χ1n) is 12.6. The lowest BCUT2D eigenvalue weighted by Gasteiger charge is -2.37. The van der Waals surface area contributed by atoms with E-state index in [-0.39, 0.29) is 30.6 Å². The molecular formula is C27H40N4O3S2. The van der Waals surface area contributed by atoms with Crippen molar-refractivity contribution in [1.82, 2.24) is 15.5 Å². The molecule has 1 fully saturated rings. The zero-order chi connectivity index (χ0) is 25.9. The molecule has 1 aliphatic rings. The van der Waals surface area contributed by atoms with Gasteiger partial charge in [-0.05, 0) is 60.6 Å². The minimum absolute atomic E-state index is 0.0575. The summed E-state index contributed by atoms with van der Waals surface area (Å²) in [6, 6.07) is 14.2. The van der Waals surface area contributed by atoms with Crippen molar-refractivity contribution in [3.8, 4) is 0 Å². The standard InChI is InChI=1S/C27H40N4O3S2/c1-34-27(33)24(12-14-36-2)30-26(32)17-31(25(15-21(28)18-35)23-11-6-13-29-23)16-20-9-5-8-19-7-3-4-10-22(19)20/h3-5,7-10,21,23-25,29,35H,6,11-18,28H2,1-2H3,(H,30,32)/t21-,23+,24+,25?/m1/s1. The van der Waals surface area contributed by atoms with Crippen molar-refractivity contribution in [1.29, 1.82) is 0 Å². The molecule has 1 unspecified atom stereocenters. The molecular weight excluding hydrogens is 492 g/mol. The van der Waals surface area contributed by atoms with E-state index in [0.717, 1.165) is 37.1 Å². The first-order valence-corrected chi connectivity index (χ1v) is 14.7. The molecule has 0 bridgehead atoms. The van der Waals surface area contributed by atoms with Gasteiger partial charge in [0.1, 0.15) is 6.04 Å². The van der Waals surface area contributed by atoms with E-state index in [2.05, 4.69) is 58.5 Å². The highest BCUT2D eigenvalue weighted by molar-refractivity contribution is 7.98. The number of ether oxygens (including phenoxy) is 1. The summed E-state index contributed by atoms with van der Waals surface area (Å²) in [6.45, 7) is 1.73. The number of methoxy groups -OCH3 is 1. The molecule has 3 rings (SSSR count). The third-order valence-electron chi connectivity index (χ3n) is 6.84. The molecule has 0 saturated carbocycles. The van der Waals surface area contributed by atoms with Crippen molar-refractivity contribution < 1.29 is 14.3 Å². The Morgan fingerprint density at radius 2 is 2.06 bits per heavy atom. The maximum Gasteiger partial charge on any atom is 0.328 e. The van der Waals surface area contributed by atoms with Crippen LogP contribution >= 0.6 is 24.4 Å². The summed E-state index contributed by atoms with van der Waals surface area (Å²) in [4.78, 5) is 27.9. The molecule has 4 N–H and O–H groups in total. The smallest absolute Gasteiger partial charge is 0.328 e. The molecule has 1 aliphatic heterocycles. The number of thioether (sulfide) groups is 1. The molecule has 9 heteroatoms. The highest BCUT2D eigenvalue weighted by atomic mass is 32.2. The van der Waals surface area contributed by atoms with Gasteiger partial charge in [-0.25, -0.2) is 4.79 Å². The highest BCUT2D eigenvalue weighted by Gasteiger charge is 2.33. The lowest BCUT2D eigenvalue weighted by Crippen LogP contribution is -2.54. The molecule has 4 atom stereocenters. The predicted molar refractivity (Wildman–Crippen MR) is 153 cm³/mol. The lowest BCUT2D eigenvalue weighted by molar-refractivity contribution is -0.145. The molecule has 0 aromatic heterocycles. The van der Waals surface area contributed by atoms with E-state index in [4.69, 9.17) is 10.5 Å². The highest BCUT2D eigenvalue weighted by Crippen LogP contribution is 2.25. The van der Waals surface area contributed by atoms with Gasteiger partial charge in [-0.1, -0.05) is 42.5 Å². The Hall–Kier alpha value is -1.78. The number of rotatable bonds is 14. The van der Waals surface area contributed by atoms with Gasteiger partial charge in [-0.15, -0.1) is 0 Å². The lowest BCUT2D eigenvalue weighted by atomic mass is 9.96. The zero-order valence-corrected chi connectivity index (χ0v) is 23.0. The number of nitrogens with two attached hydrogens (primary N) is 1. The number of hydrogen-bond acceptors (Lipinski definition) is 8. The number of carbonyl (C=O) groups is 2. The van der Waals surface area contributed by atoms with Crippen LogP contribution in [0.1, 0.15) is 31.2 Å². The number of nitrogens with one attached hydrogen (secondary N) is 2. The van der Waals surface area contributed by atoms with Gasteiger partial charge in [0, 0.05) is 30.4 Å². The number of hydrogen-bond donors (Lipinski definition) is 4. The summed E-state index contributed by atoms with van der Waals surface area (Å²) in [5.41, 5.74) is 7.55. The summed E-state index contributed by atoms with van der Waals surface area (Å²) in [5, 5.41) is 8.91. The van der Waals surface area contributed by atoms with Crippen LogP contribution in [-0.4, -0.2) is 78.9 Å². The zero-order valence-electron chi connectivity index (χ0n) is 21.3. The number of nitrogens with zero attached hydrogens (tertiary/aromatic N) is 1. The molecule has 36 heavy (non-hydrogen) atoms. The van der Waals surface area contributed by atoms with E-state index in [0.29, 0.717) is 18.7 Å². The fourth-order valence-corrected chi connectivity index (χ4v) is 5.60. The molecule has 1 amide bonds. The van der Waals surface area contributed by atoms with Crippen molar-refractivity contribution in [3.05, 3.63) is 48.0 Å². The van der Waals surface area contributed by atoms with Crippen LogP contribution in [0.5, 0.6) is 0 Å². The Morgan fingerprint density at radius 1 is 1.28 bits per heavy atom. The predicted octanol–water partition coefficient (Wildman–Crippen LogP) is 2.82. The molecule has 7 nitrogen and oxygen atoms in total. The van der Waals surface area contributed by atoms with E-state index >= 15 is 0 Å². The molecule has 0 spiro atoms. The Labute approximate surface area is 224 Å². The minimum Gasteiger partial charge on any atom is -0.467 e. The summed E-state index contributed by atoms with van der Waals surface area (Å²) in [7, 11) is 1.36. The number of benzene rings is 2. The van der Waals surface area contributed by atoms with Crippen molar-refractivity contribution in [2.75, 3.05) is 38.0 Å². The first kappa shape index (κ1) is 28.8. The van der Waals surface area contributed by atoms with Gasteiger partial charge in [0.25, 0.3) is 0 Å². The first-order chi connectivity index (χ1) is 17.5. The second-order valence-electron chi connectivity index (χ2n) is 9.42. The Morgan fingerprint density at radius 3 is 2.75 bits per heavy atom. The second kappa shape index (κ2) is 14.8.